The molecule has 5 atom stereocenters. The maximum Gasteiger partial charge on any atom is 0.243 e. The summed E-state index contributed by atoms with van der Waals surface area (Å²) in [6.07, 6.45) is 15.1. The lowest BCUT2D eigenvalue weighted by atomic mass is 9.82. The Morgan fingerprint density at radius 3 is 2.12 bits per heavy atom. The summed E-state index contributed by atoms with van der Waals surface area (Å²) in [5.41, 5.74) is 2.07. The van der Waals surface area contributed by atoms with Crippen molar-refractivity contribution in [1.82, 2.24) is 20.4 Å². The van der Waals surface area contributed by atoms with Gasteiger partial charge in [0.1, 0.15) is 12.1 Å². The molecule has 0 bridgehead atoms. The standard InChI is InChI=1S/C41H56N4O5/c1-5-7-24-37(46)39(48)36(28-32-20-13-9-14-21-32)43-41(50)35(17-6-2)42-40(49)34(27-31-18-11-8-12-19-31)29-38(47)45(4)26-25-44(3)30-33-22-15-10-16-23-33/h1-2,8,10-12,15-16,18-19,22-23,32,34-37,39,46,48H,7,9,13-14,17,20-21,24-30H2,3-4H3,(H,42,49)(H,43,50)/t34-,35+,36+,37+,39-/m1/s1. The van der Waals surface area contributed by atoms with E-state index >= 15 is 0 Å². The molecule has 1 saturated carbocycles. The average Bonchev–Trinajstić information content (AvgIpc) is 3.12. The molecule has 0 unspecified atom stereocenters. The Morgan fingerprint density at radius 2 is 1.50 bits per heavy atom. The van der Waals surface area contributed by atoms with Gasteiger partial charge in [0.25, 0.3) is 0 Å². The Balaban J connectivity index is 1.70. The fourth-order valence-corrected chi connectivity index (χ4v) is 6.58. The number of amides is 3. The molecular formula is C41H56N4O5. The summed E-state index contributed by atoms with van der Waals surface area (Å²) in [7, 11) is 3.74. The third-order valence-electron chi connectivity index (χ3n) is 9.64. The van der Waals surface area contributed by atoms with Crippen molar-refractivity contribution in [2.75, 3.05) is 27.2 Å². The number of aliphatic hydroxyl groups is 2. The Morgan fingerprint density at radius 1 is 0.860 bits per heavy atom. The first-order chi connectivity index (χ1) is 24.1. The van der Waals surface area contributed by atoms with Gasteiger partial charge in [-0.2, -0.15) is 0 Å². The maximum absolute atomic E-state index is 13.9. The monoisotopic (exact) mass is 684 g/mol. The SMILES string of the molecule is C#CCC[C@H](O)[C@H](O)[C@H](CC1CCCCC1)NC(=O)[C@H](CC#C)NC(=O)[C@@H](CC(=O)N(C)CCN(C)Cc1ccccc1)Cc1ccccc1. The van der Waals surface area contributed by atoms with Crippen molar-refractivity contribution >= 4 is 17.7 Å². The van der Waals surface area contributed by atoms with Gasteiger partial charge in [0, 0.05) is 45.9 Å². The molecule has 1 aliphatic rings. The summed E-state index contributed by atoms with van der Waals surface area (Å²) < 4.78 is 0. The van der Waals surface area contributed by atoms with Gasteiger partial charge in [0.05, 0.1) is 18.1 Å². The molecule has 50 heavy (non-hydrogen) atoms. The third-order valence-corrected chi connectivity index (χ3v) is 9.64. The second-order valence-corrected chi connectivity index (χ2v) is 13.8. The molecule has 0 spiro atoms. The molecule has 0 radical (unpaired) electrons. The highest BCUT2D eigenvalue weighted by Gasteiger charge is 2.34. The summed E-state index contributed by atoms with van der Waals surface area (Å²) in [6.45, 7) is 1.90. The first kappa shape index (κ1) is 40.3. The van der Waals surface area contributed by atoms with Crippen LogP contribution in [0.5, 0.6) is 0 Å². The number of rotatable bonds is 20. The molecule has 1 aliphatic carbocycles. The van der Waals surface area contributed by atoms with Gasteiger partial charge in [-0.15, -0.1) is 24.7 Å². The summed E-state index contributed by atoms with van der Waals surface area (Å²) in [5, 5.41) is 27.6. The number of nitrogens with zero attached hydrogens (tertiary/aromatic N) is 2. The number of terminal acetylenes is 2. The van der Waals surface area contributed by atoms with Crippen LogP contribution < -0.4 is 10.6 Å². The first-order valence-corrected chi connectivity index (χ1v) is 17.9. The Kier molecular flexibility index (Phi) is 17.6. The summed E-state index contributed by atoms with van der Waals surface area (Å²) in [6, 6.07) is 17.7. The normalized spacial score (nSPS) is 16.2. The van der Waals surface area contributed by atoms with E-state index in [9.17, 15) is 24.6 Å². The lowest BCUT2D eigenvalue weighted by Crippen LogP contribution is -2.55. The number of aliphatic hydroxyl groups excluding tert-OH is 2. The van der Waals surface area contributed by atoms with Crippen LogP contribution >= 0.6 is 0 Å². The predicted octanol–water partition coefficient (Wildman–Crippen LogP) is 3.92. The van der Waals surface area contributed by atoms with Gasteiger partial charge in [-0.25, -0.2) is 0 Å². The van der Waals surface area contributed by atoms with Crippen molar-refractivity contribution in [2.45, 2.75) is 101 Å². The minimum Gasteiger partial charge on any atom is -0.390 e. The van der Waals surface area contributed by atoms with Crippen molar-refractivity contribution in [2.24, 2.45) is 11.8 Å². The van der Waals surface area contributed by atoms with E-state index in [1.165, 1.54) is 5.56 Å². The first-order valence-electron chi connectivity index (χ1n) is 17.9. The molecule has 3 amide bonds. The molecule has 0 heterocycles. The zero-order chi connectivity index (χ0) is 36.3. The van der Waals surface area contributed by atoms with Gasteiger partial charge < -0.3 is 30.6 Å². The van der Waals surface area contributed by atoms with Crippen LogP contribution in [0.3, 0.4) is 0 Å². The van der Waals surface area contributed by atoms with Crippen molar-refractivity contribution in [3.8, 4) is 24.7 Å². The summed E-state index contributed by atoms with van der Waals surface area (Å²) >= 11 is 0. The highest BCUT2D eigenvalue weighted by atomic mass is 16.3. The molecule has 2 aromatic carbocycles. The molecule has 0 aromatic heterocycles. The quantitative estimate of drug-likeness (QED) is 0.157. The zero-order valence-electron chi connectivity index (χ0n) is 29.8. The number of nitrogens with one attached hydrogen (secondary N) is 2. The lowest BCUT2D eigenvalue weighted by molar-refractivity contribution is -0.137. The Hall–Kier alpha value is -4.15. The zero-order valence-corrected chi connectivity index (χ0v) is 29.8. The van der Waals surface area contributed by atoms with E-state index < -0.39 is 42.0 Å². The van der Waals surface area contributed by atoms with E-state index in [2.05, 4.69) is 39.5 Å². The molecule has 0 aliphatic heterocycles. The topological polar surface area (TPSA) is 122 Å². The average molecular weight is 685 g/mol. The third kappa shape index (κ3) is 14.0. The molecule has 4 N–H and O–H groups in total. The fourth-order valence-electron chi connectivity index (χ4n) is 6.58. The molecule has 9 heteroatoms. The van der Waals surface area contributed by atoms with Crippen LogP contribution in [0.4, 0.5) is 0 Å². The largest absolute Gasteiger partial charge is 0.390 e. The lowest BCUT2D eigenvalue weighted by Gasteiger charge is -2.33. The Bertz CT molecular complexity index is 1400. The van der Waals surface area contributed by atoms with E-state index in [1.54, 1.807) is 11.9 Å². The van der Waals surface area contributed by atoms with E-state index in [1.807, 2.05) is 55.6 Å². The number of carbonyl (C=O) groups excluding carboxylic acids is 3. The Labute approximate surface area is 299 Å². The maximum atomic E-state index is 13.9. The molecule has 0 saturated heterocycles. The van der Waals surface area contributed by atoms with Crippen molar-refractivity contribution in [3.05, 3.63) is 71.8 Å². The molecular weight excluding hydrogens is 628 g/mol. The van der Waals surface area contributed by atoms with Gasteiger partial charge >= 0.3 is 0 Å². The van der Waals surface area contributed by atoms with Crippen molar-refractivity contribution < 1.29 is 24.6 Å². The minimum atomic E-state index is -1.23. The van der Waals surface area contributed by atoms with Crippen LogP contribution in [0.1, 0.15) is 75.3 Å². The van der Waals surface area contributed by atoms with Crippen molar-refractivity contribution in [1.29, 1.82) is 0 Å². The van der Waals surface area contributed by atoms with Gasteiger partial charge in [-0.3, -0.25) is 14.4 Å². The van der Waals surface area contributed by atoms with Gasteiger partial charge in [0.15, 0.2) is 0 Å². The predicted molar refractivity (Wildman–Crippen MR) is 197 cm³/mol. The molecule has 9 nitrogen and oxygen atoms in total. The smallest absolute Gasteiger partial charge is 0.243 e. The molecule has 1 fully saturated rings. The minimum absolute atomic E-state index is 0.0472. The van der Waals surface area contributed by atoms with Crippen LogP contribution in [0, 0.1) is 36.5 Å². The number of likely N-dealkylation sites (N-methyl/N-ethyl adjacent to an activating group) is 2. The number of carbonyl (C=O) groups is 3. The highest BCUT2D eigenvalue weighted by Crippen LogP contribution is 2.29. The van der Waals surface area contributed by atoms with E-state index in [0.717, 1.165) is 44.2 Å². The van der Waals surface area contributed by atoms with E-state index in [0.29, 0.717) is 38.3 Å². The molecule has 2 aromatic rings. The number of benzene rings is 2. The van der Waals surface area contributed by atoms with E-state index in [-0.39, 0.29) is 25.2 Å². The van der Waals surface area contributed by atoms with Gasteiger partial charge in [-0.1, -0.05) is 92.8 Å². The van der Waals surface area contributed by atoms with Crippen LogP contribution in [-0.2, 0) is 27.3 Å². The molecule has 3 rings (SSSR count). The van der Waals surface area contributed by atoms with Crippen molar-refractivity contribution in [3.63, 3.8) is 0 Å². The van der Waals surface area contributed by atoms with Crippen LogP contribution in [0.2, 0.25) is 0 Å². The van der Waals surface area contributed by atoms with Crippen LogP contribution in [-0.4, -0.2) is 89.2 Å². The second-order valence-electron chi connectivity index (χ2n) is 13.8. The number of hydrogen-bond donors (Lipinski definition) is 4. The fraction of sp³-hybridized carbons (Fsp3) is 0.537. The molecule has 270 valence electrons. The van der Waals surface area contributed by atoms with Crippen LogP contribution in [0.15, 0.2) is 60.7 Å². The van der Waals surface area contributed by atoms with E-state index in [4.69, 9.17) is 12.8 Å². The second kappa shape index (κ2) is 21.8. The highest BCUT2D eigenvalue weighted by molar-refractivity contribution is 5.91. The number of hydrogen-bond acceptors (Lipinski definition) is 6. The summed E-state index contributed by atoms with van der Waals surface area (Å²) in [5.74, 6) is 3.34. The summed E-state index contributed by atoms with van der Waals surface area (Å²) in [4.78, 5) is 44.9. The van der Waals surface area contributed by atoms with Gasteiger partial charge in [0.2, 0.25) is 17.7 Å². The van der Waals surface area contributed by atoms with Gasteiger partial charge in [-0.05, 0) is 43.4 Å². The van der Waals surface area contributed by atoms with Crippen LogP contribution in [0.25, 0.3) is 0 Å².